The zero-order chi connectivity index (χ0) is 49.4. The third kappa shape index (κ3) is 16.0. The predicted molar refractivity (Wildman–Crippen MR) is 272 cm³/mol. The van der Waals surface area contributed by atoms with Crippen molar-refractivity contribution < 1.29 is 37.7 Å². The number of ether oxygens (including phenoxy) is 5. The van der Waals surface area contributed by atoms with E-state index >= 15 is 0 Å². The lowest BCUT2D eigenvalue weighted by atomic mass is 9.96. The number of aromatic amines is 1. The Balaban J connectivity index is 0.000000806. The van der Waals surface area contributed by atoms with Gasteiger partial charge in [0.05, 0.1) is 94.9 Å². The van der Waals surface area contributed by atoms with E-state index in [2.05, 4.69) is 60.0 Å². The highest BCUT2D eigenvalue weighted by Gasteiger charge is 2.23. The smallest absolute Gasteiger partial charge is 0.217 e. The second kappa shape index (κ2) is 28.7. The van der Waals surface area contributed by atoms with Gasteiger partial charge in [0, 0.05) is 74.0 Å². The zero-order valence-electron chi connectivity index (χ0n) is 40.3. The van der Waals surface area contributed by atoms with Crippen LogP contribution in [-0.4, -0.2) is 114 Å². The fraction of sp³-hybridized carbons (Fsp3) is 0.385. The number of benzene rings is 4. The molecule has 0 atom stereocenters. The van der Waals surface area contributed by atoms with E-state index in [0.717, 1.165) is 57.2 Å². The maximum absolute atomic E-state index is 12.9. The molecule has 1 amide bonds. The Bertz CT molecular complexity index is 2610. The summed E-state index contributed by atoms with van der Waals surface area (Å²) >= 11 is 0. The maximum atomic E-state index is 12.9. The molecule has 17 heteroatoms. The van der Waals surface area contributed by atoms with Crippen molar-refractivity contribution in [2.24, 2.45) is 17.3 Å². The number of fused-ring (bicyclic) bond motifs is 5. The number of primary amides is 1. The Hall–Kier alpha value is -6.60. The van der Waals surface area contributed by atoms with Gasteiger partial charge >= 0.3 is 0 Å². The van der Waals surface area contributed by atoms with Crippen molar-refractivity contribution in [1.82, 2.24) is 15.0 Å². The zero-order valence-corrected chi connectivity index (χ0v) is 40.3. The van der Waals surface area contributed by atoms with Crippen LogP contribution in [0.15, 0.2) is 100 Å². The van der Waals surface area contributed by atoms with Gasteiger partial charge in [-0.2, -0.15) is 0 Å². The van der Waals surface area contributed by atoms with Gasteiger partial charge in [-0.25, -0.2) is 10.8 Å². The Kier molecular flexibility index (Phi) is 22.2. The summed E-state index contributed by atoms with van der Waals surface area (Å²) in [5.74, 6) is 7.44. The van der Waals surface area contributed by atoms with E-state index in [1.54, 1.807) is 11.1 Å². The second-order valence-electron chi connectivity index (χ2n) is 16.0. The molecule has 0 saturated heterocycles. The fourth-order valence-corrected chi connectivity index (χ4v) is 7.27. The molecule has 69 heavy (non-hydrogen) atoms. The summed E-state index contributed by atoms with van der Waals surface area (Å²) in [4.78, 5) is 42.5. The van der Waals surface area contributed by atoms with Gasteiger partial charge in [0.15, 0.2) is 11.0 Å². The van der Waals surface area contributed by atoms with E-state index in [1.165, 1.54) is 12.5 Å². The lowest BCUT2D eigenvalue weighted by Gasteiger charge is -2.32. The van der Waals surface area contributed by atoms with Gasteiger partial charge in [-0.05, 0) is 48.0 Å². The standard InChI is InChI=1S/C45H53N7O7.C4H7NO2.C3H8/c1-48-33-13-11-31(12-14-33)40-29-39(53)36-15-16-37-43(45(36)59-40)50-41(49-37)17-19-54-21-23-56-25-27-58-28-26-57-24-22-55-20-18-52(47)44-34-8-4-3-7-32(34)30-51(2)38-10-6-5-9-35(38)42(44)46;5-4(7)2-1-3-6;1-3-2/h3-16,29,48H,17-28,30,46-47H2,1-2H3,(H,49,50);3H,1-2H2,(H2,5,7);3H2,1-2H3/b44-42-;;. The summed E-state index contributed by atoms with van der Waals surface area (Å²) in [5, 5.41) is 5.27. The van der Waals surface area contributed by atoms with E-state index in [4.69, 9.17) is 44.7 Å². The van der Waals surface area contributed by atoms with Gasteiger partial charge in [-0.3, -0.25) is 9.59 Å². The van der Waals surface area contributed by atoms with E-state index < -0.39 is 5.91 Å². The van der Waals surface area contributed by atoms with Crippen molar-refractivity contribution in [1.29, 1.82) is 0 Å². The van der Waals surface area contributed by atoms with Crippen LogP contribution in [0.3, 0.4) is 0 Å². The van der Waals surface area contributed by atoms with Crippen LogP contribution in [0.5, 0.6) is 0 Å². The number of rotatable bonds is 24. The van der Waals surface area contributed by atoms with Crippen molar-refractivity contribution in [3.8, 4) is 11.3 Å². The molecule has 6 aromatic rings. The molecular formula is C52H68N8O9. The fourth-order valence-electron chi connectivity index (χ4n) is 7.27. The lowest BCUT2D eigenvalue weighted by molar-refractivity contribution is -0.119. The quantitative estimate of drug-likeness (QED) is 0.0189. The highest BCUT2D eigenvalue weighted by Crippen LogP contribution is 2.35. The normalized spacial score (nSPS) is 13.0. The van der Waals surface area contributed by atoms with Crippen LogP contribution in [0, 0.1) is 0 Å². The monoisotopic (exact) mass is 949 g/mol. The number of hydrogen-bond acceptors (Lipinski definition) is 15. The van der Waals surface area contributed by atoms with Crippen LogP contribution in [0.2, 0.25) is 0 Å². The first-order chi connectivity index (χ1) is 33.6. The number of anilines is 2. The number of nitrogens with one attached hydrogen (secondary N) is 2. The van der Waals surface area contributed by atoms with Gasteiger partial charge in [0.1, 0.15) is 23.4 Å². The number of H-pyrrole nitrogens is 1. The molecule has 7 rings (SSSR count). The third-order valence-electron chi connectivity index (χ3n) is 10.6. The summed E-state index contributed by atoms with van der Waals surface area (Å²) in [6.07, 6.45) is 2.91. The number of nitrogens with zero attached hydrogens (tertiary/aromatic N) is 3. The SMILES string of the molecule is CCC.CNc1ccc(-c2cc(=O)c3ccc4[nH]c(CCOCCOCCOCCOCCOCCN(N)/C5=C(\N)c6ccccc6N(C)Cc6ccccc65)nc4c3o2)cc1.NC(=O)CCC=O. The van der Waals surface area contributed by atoms with Crippen LogP contribution in [0.1, 0.15) is 55.6 Å². The molecule has 1 aliphatic heterocycles. The van der Waals surface area contributed by atoms with Crippen LogP contribution in [0.4, 0.5) is 11.4 Å². The Morgan fingerprint density at radius 2 is 1.43 bits per heavy atom. The number of para-hydroxylation sites is 1. The number of nitrogens with two attached hydrogens (primary N) is 3. The Labute approximate surface area is 403 Å². The van der Waals surface area contributed by atoms with Crippen molar-refractivity contribution in [2.75, 3.05) is 96.9 Å². The minimum Gasteiger partial charge on any atom is -0.453 e. The first-order valence-corrected chi connectivity index (χ1v) is 23.3. The first kappa shape index (κ1) is 53.4. The van der Waals surface area contributed by atoms with Crippen LogP contribution >= 0.6 is 0 Å². The molecule has 3 heterocycles. The predicted octanol–water partition coefficient (Wildman–Crippen LogP) is 6.48. The van der Waals surface area contributed by atoms with Gasteiger partial charge < -0.3 is 64.6 Å². The van der Waals surface area contributed by atoms with Gasteiger partial charge in [-0.1, -0.05) is 62.7 Å². The number of aromatic nitrogens is 2. The third-order valence-corrected chi connectivity index (χ3v) is 10.6. The highest BCUT2D eigenvalue weighted by molar-refractivity contribution is 6.00. The van der Waals surface area contributed by atoms with Crippen LogP contribution < -0.4 is 33.0 Å². The van der Waals surface area contributed by atoms with E-state index in [9.17, 15) is 14.4 Å². The number of imidazole rings is 1. The molecule has 0 fully saturated rings. The van der Waals surface area contributed by atoms with Crippen molar-refractivity contribution >= 4 is 57.0 Å². The molecule has 0 spiro atoms. The van der Waals surface area contributed by atoms with Crippen molar-refractivity contribution in [3.63, 3.8) is 0 Å². The molecule has 0 unspecified atom stereocenters. The summed E-state index contributed by atoms with van der Waals surface area (Å²) in [7, 11) is 3.93. The summed E-state index contributed by atoms with van der Waals surface area (Å²) in [6.45, 7) is 9.96. The first-order valence-electron chi connectivity index (χ1n) is 23.3. The molecule has 0 bridgehead atoms. The Morgan fingerprint density at radius 3 is 2.04 bits per heavy atom. The average molecular weight is 949 g/mol. The van der Waals surface area contributed by atoms with Crippen LogP contribution in [0.25, 0.3) is 44.7 Å². The number of hydrogen-bond donors (Lipinski definition) is 5. The topological polar surface area (TPSA) is 236 Å². The highest BCUT2D eigenvalue weighted by atomic mass is 16.6. The Morgan fingerprint density at radius 1 is 0.841 bits per heavy atom. The molecule has 17 nitrogen and oxygen atoms in total. The van der Waals surface area contributed by atoms with Crippen molar-refractivity contribution in [2.45, 2.75) is 46.1 Å². The molecule has 0 saturated carbocycles. The second-order valence-corrected chi connectivity index (χ2v) is 16.0. The van der Waals surface area contributed by atoms with Crippen LogP contribution in [-0.2, 0) is 46.2 Å². The molecule has 1 aliphatic rings. The molecule has 2 aromatic heterocycles. The number of carbonyl (C=O) groups is 2. The van der Waals surface area contributed by atoms with Gasteiger partial charge in [-0.15, -0.1) is 0 Å². The molecule has 8 N–H and O–H groups in total. The number of hydrazine groups is 1. The van der Waals surface area contributed by atoms with E-state index in [-0.39, 0.29) is 18.3 Å². The molecule has 0 radical (unpaired) electrons. The largest absolute Gasteiger partial charge is 0.453 e. The maximum Gasteiger partial charge on any atom is 0.217 e. The molecular weight excluding hydrogens is 881 g/mol. The molecule has 4 aromatic carbocycles. The number of carbonyl (C=O) groups excluding carboxylic acids is 2. The molecule has 370 valence electrons. The minimum absolute atomic E-state index is 0.112. The minimum atomic E-state index is -0.424. The number of aldehydes is 1. The summed E-state index contributed by atoms with van der Waals surface area (Å²) in [6, 6.07) is 29.2. The van der Waals surface area contributed by atoms with Crippen molar-refractivity contribution in [3.05, 3.63) is 124 Å². The summed E-state index contributed by atoms with van der Waals surface area (Å²) < 4.78 is 34.8. The van der Waals surface area contributed by atoms with Gasteiger partial charge in [0.25, 0.3) is 0 Å². The number of amides is 1. The van der Waals surface area contributed by atoms with Gasteiger partial charge in [0.2, 0.25) is 5.91 Å². The average Bonchev–Trinajstić information content (AvgIpc) is 3.78. The molecule has 0 aliphatic carbocycles. The summed E-state index contributed by atoms with van der Waals surface area (Å²) in [5.41, 5.74) is 20.6. The van der Waals surface area contributed by atoms with E-state index in [1.807, 2.05) is 67.7 Å². The lowest BCUT2D eigenvalue weighted by Crippen LogP contribution is -2.36. The van der Waals surface area contributed by atoms with E-state index in [0.29, 0.717) is 113 Å².